The third-order valence-corrected chi connectivity index (χ3v) is 1.62. The summed E-state index contributed by atoms with van der Waals surface area (Å²) in [5.41, 5.74) is 0.655. The van der Waals surface area contributed by atoms with Crippen LogP contribution in [0.3, 0.4) is 0 Å². The number of carbonyl (C=O) groups is 1. The molecule has 0 bridgehead atoms. The van der Waals surface area contributed by atoms with E-state index in [1.54, 1.807) is 12.1 Å². The molecule has 0 saturated carbocycles. The molecule has 0 aliphatic rings. The molecule has 0 radical (unpaired) electrons. The Morgan fingerprint density at radius 1 is 1.33 bits per heavy atom. The topological polar surface area (TPSA) is 66.8 Å². The summed E-state index contributed by atoms with van der Waals surface area (Å²) in [6.45, 7) is 0. The first kappa shape index (κ1) is 13.2. The number of rotatable bonds is 3. The number of ether oxygens (including phenoxy) is 1. The number of aliphatic carboxylic acids is 1. The molecule has 0 unspecified atom stereocenters. The van der Waals surface area contributed by atoms with E-state index < -0.39 is 5.97 Å². The van der Waals surface area contributed by atoms with Crippen LogP contribution in [0.2, 0.25) is 0 Å². The van der Waals surface area contributed by atoms with Gasteiger partial charge in [0.25, 0.3) is 0 Å². The summed E-state index contributed by atoms with van der Waals surface area (Å²) >= 11 is 0. The van der Waals surface area contributed by atoms with Gasteiger partial charge in [-0.15, -0.1) is 0 Å². The van der Waals surface area contributed by atoms with Crippen molar-refractivity contribution in [2.75, 3.05) is 7.11 Å². The predicted molar refractivity (Wildman–Crippen MR) is 59.3 cm³/mol. The molecule has 5 heteroatoms. The van der Waals surface area contributed by atoms with Crippen LogP contribution in [0.25, 0.3) is 6.08 Å². The van der Waals surface area contributed by atoms with Crippen LogP contribution in [0.1, 0.15) is 5.56 Å². The zero-order chi connectivity index (χ0) is 10.6. The van der Waals surface area contributed by atoms with Crippen molar-refractivity contribution in [3.8, 4) is 5.75 Å². The molecule has 0 aliphatic heterocycles. The molecule has 1 aromatic rings. The Morgan fingerprint density at radius 2 is 1.87 bits per heavy atom. The van der Waals surface area contributed by atoms with Gasteiger partial charge in [0.15, 0.2) is 0 Å². The molecule has 0 amide bonds. The Labute approximate surface area is 91.0 Å². The second-order valence-corrected chi connectivity index (χ2v) is 2.61. The molecular formula is C10H12BeO4. The Bertz CT molecular complexity index is 356. The number of hydrogen-bond donors (Lipinski definition) is 2. The number of carboxylic acids is 1. The van der Waals surface area contributed by atoms with Crippen LogP contribution in [-0.4, -0.2) is 33.4 Å². The Balaban J connectivity index is 0.00000196. The molecule has 0 atom stereocenters. The van der Waals surface area contributed by atoms with Crippen LogP contribution in [0.4, 0.5) is 0 Å². The van der Waals surface area contributed by atoms with Crippen molar-refractivity contribution in [3.05, 3.63) is 35.6 Å². The van der Waals surface area contributed by atoms with Gasteiger partial charge < -0.3 is 14.9 Å². The van der Waals surface area contributed by atoms with Crippen molar-refractivity contribution in [2.45, 2.75) is 0 Å². The van der Waals surface area contributed by atoms with E-state index in [1.165, 1.54) is 25.3 Å². The van der Waals surface area contributed by atoms with E-state index in [-0.39, 0.29) is 21.6 Å². The number of benzene rings is 1. The Morgan fingerprint density at radius 3 is 2.27 bits per heavy atom. The molecule has 1 aromatic carbocycles. The number of carboxylic acid groups (broad SMARTS) is 1. The van der Waals surface area contributed by atoms with Gasteiger partial charge in [-0.05, 0) is 23.8 Å². The third kappa shape index (κ3) is 3.83. The summed E-state index contributed by atoms with van der Waals surface area (Å²) in [5.74, 6) is -1.13. The van der Waals surface area contributed by atoms with E-state index in [9.17, 15) is 4.79 Å². The first-order chi connectivity index (χ1) is 6.63. The maximum atomic E-state index is 10.6. The molecule has 4 nitrogen and oxygen atoms in total. The second-order valence-electron chi connectivity index (χ2n) is 2.61. The first-order valence-electron chi connectivity index (χ1n) is 3.91. The third-order valence-electron chi connectivity index (χ3n) is 1.62. The standard InChI is InChI=1S/C10H10O4.Be.2H/c1-14-9(10(12)13)6-7-2-4-8(11)5-3-7;;;/h2-6,11H,1H3,(H,12,13);;;. The maximum absolute atomic E-state index is 10.6. The van der Waals surface area contributed by atoms with Gasteiger partial charge >= 0.3 is 16.1 Å². The second kappa shape index (κ2) is 5.83. The van der Waals surface area contributed by atoms with Crippen molar-refractivity contribution >= 4 is 22.2 Å². The quantitative estimate of drug-likeness (QED) is 0.429. The molecule has 78 valence electrons. The molecule has 0 aliphatic carbocycles. The number of methoxy groups -OCH3 is 1. The molecule has 1 rings (SSSR count). The van der Waals surface area contributed by atoms with Crippen molar-refractivity contribution in [2.24, 2.45) is 0 Å². The molecule has 0 spiro atoms. The van der Waals surface area contributed by atoms with Gasteiger partial charge in [0.05, 0.1) is 7.11 Å². The van der Waals surface area contributed by atoms with Crippen LogP contribution >= 0.6 is 0 Å². The normalized spacial score (nSPS) is 10.3. The molecule has 0 saturated heterocycles. The van der Waals surface area contributed by atoms with Crippen molar-refractivity contribution in [1.29, 1.82) is 0 Å². The minimum atomic E-state index is -1.12. The van der Waals surface area contributed by atoms with Crippen LogP contribution in [-0.2, 0) is 9.53 Å². The summed E-state index contributed by atoms with van der Waals surface area (Å²) in [5, 5.41) is 17.6. The fourth-order valence-electron chi connectivity index (χ4n) is 0.930. The fraction of sp³-hybridized carbons (Fsp3) is 0.100. The molecule has 15 heavy (non-hydrogen) atoms. The minimum absolute atomic E-state index is 0. The fourth-order valence-corrected chi connectivity index (χ4v) is 0.930. The zero-order valence-electron chi connectivity index (χ0n) is 7.60. The monoisotopic (exact) mass is 205 g/mol. The van der Waals surface area contributed by atoms with Crippen LogP contribution < -0.4 is 0 Å². The van der Waals surface area contributed by atoms with Crippen molar-refractivity contribution < 1.29 is 19.7 Å². The Hall–Kier alpha value is -1.80. The molecule has 0 aromatic heterocycles. The van der Waals surface area contributed by atoms with E-state index in [4.69, 9.17) is 10.2 Å². The van der Waals surface area contributed by atoms with Gasteiger partial charge in [0.1, 0.15) is 5.75 Å². The number of aromatic hydroxyl groups is 1. The Kier molecular flexibility index (Phi) is 5.13. The first-order valence-corrected chi connectivity index (χ1v) is 3.91. The van der Waals surface area contributed by atoms with Gasteiger partial charge in [-0.1, -0.05) is 12.1 Å². The van der Waals surface area contributed by atoms with E-state index in [2.05, 4.69) is 4.74 Å². The average Bonchev–Trinajstić information content (AvgIpc) is 2.16. The van der Waals surface area contributed by atoms with Crippen LogP contribution in [0.15, 0.2) is 30.0 Å². The molecule has 0 fully saturated rings. The summed E-state index contributed by atoms with van der Waals surface area (Å²) in [6.07, 6.45) is 1.38. The zero-order valence-corrected chi connectivity index (χ0v) is 7.60. The van der Waals surface area contributed by atoms with E-state index in [0.717, 1.165) is 0 Å². The predicted octanol–water partition coefficient (Wildman–Crippen LogP) is 0.548. The molecule has 0 heterocycles. The molecule has 2 N–H and O–H groups in total. The summed E-state index contributed by atoms with van der Waals surface area (Å²) in [7, 11) is 1.29. The van der Waals surface area contributed by atoms with E-state index >= 15 is 0 Å². The van der Waals surface area contributed by atoms with Gasteiger partial charge in [-0.3, -0.25) is 0 Å². The summed E-state index contributed by atoms with van der Waals surface area (Å²) in [4.78, 5) is 10.6. The average molecular weight is 205 g/mol. The SMILES string of the molecule is COC(=Cc1ccc(O)cc1)C(=O)O.[BeH2]. The number of phenols is 1. The van der Waals surface area contributed by atoms with Crippen LogP contribution in [0, 0.1) is 0 Å². The van der Waals surface area contributed by atoms with Crippen LogP contribution in [0.5, 0.6) is 5.75 Å². The summed E-state index contributed by atoms with van der Waals surface area (Å²) < 4.78 is 4.64. The van der Waals surface area contributed by atoms with E-state index in [1.807, 2.05) is 0 Å². The van der Waals surface area contributed by atoms with Gasteiger partial charge in [-0.25, -0.2) is 4.79 Å². The molecular weight excluding hydrogens is 193 g/mol. The number of hydrogen-bond acceptors (Lipinski definition) is 3. The number of phenolic OH excluding ortho intramolecular Hbond substituents is 1. The summed E-state index contributed by atoms with van der Waals surface area (Å²) in [6, 6.07) is 6.14. The van der Waals surface area contributed by atoms with Gasteiger partial charge in [-0.2, -0.15) is 0 Å². The van der Waals surface area contributed by atoms with E-state index in [0.29, 0.717) is 5.56 Å². The van der Waals surface area contributed by atoms with Crippen molar-refractivity contribution in [1.82, 2.24) is 0 Å². The van der Waals surface area contributed by atoms with Crippen molar-refractivity contribution in [3.63, 3.8) is 0 Å². The van der Waals surface area contributed by atoms with Gasteiger partial charge in [0, 0.05) is 0 Å². The van der Waals surface area contributed by atoms with Gasteiger partial charge in [0.2, 0.25) is 5.76 Å².